The first-order valence-corrected chi connectivity index (χ1v) is 6.78. The molecular weight excluding hydrogens is 254 g/mol. The van der Waals surface area contributed by atoms with Crippen molar-refractivity contribution < 1.29 is 14.6 Å². The van der Waals surface area contributed by atoms with Crippen molar-refractivity contribution in [3.63, 3.8) is 0 Å². The summed E-state index contributed by atoms with van der Waals surface area (Å²) >= 11 is 0. The SMILES string of the molecule is CCOc1cncc(C(O)C2Cc3ccccc3O2)c1. The number of pyridine rings is 1. The summed E-state index contributed by atoms with van der Waals surface area (Å²) in [5.74, 6) is 1.52. The maximum atomic E-state index is 10.5. The molecule has 0 fully saturated rings. The van der Waals surface area contributed by atoms with E-state index < -0.39 is 6.10 Å². The van der Waals surface area contributed by atoms with Crippen molar-refractivity contribution in [1.29, 1.82) is 0 Å². The van der Waals surface area contributed by atoms with Gasteiger partial charge in [-0.2, -0.15) is 0 Å². The second-order valence-corrected chi connectivity index (χ2v) is 4.80. The minimum absolute atomic E-state index is 0.272. The number of ether oxygens (including phenoxy) is 2. The van der Waals surface area contributed by atoms with Crippen LogP contribution >= 0.6 is 0 Å². The Hall–Kier alpha value is -2.07. The quantitative estimate of drug-likeness (QED) is 0.928. The summed E-state index contributed by atoms with van der Waals surface area (Å²) in [5.41, 5.74) is 1.85. The highest BCUT2D eigenvalue weighted by Gasteiger charge is 2.30. The number of para-hydroxylation sites is 1. The lowest BCUT2D eigenvalue weighted by Gasteiger charge is -2.18. The smallest absolute Gasteiger partial charge is 0.137 e. The number of hydrogen-bond donors (Lipinski definition) is 1. The molecule has 0 spiro atoms. The van der Waals surface area contributed by atoms with Gasteiger partial charge < -0.3 is 14.6 Å². The second-order valence-electron chi connectivity index (χ2n) is 4.80. The Kier molecular flexibility index (Phi) is 3.56. The van der Waals surface area contributed by atoms with Crippen LogP contribution in [0.5, 0.6) is 11.5 Å². The summed E-state index contributed by atoms with van der Waals surface area (Å²) in [4.78, 5) is 4.10. The van der Waals surface area contributed by atoms with Gasteiger partial charge in [0, 0.05) is 18.2 Å². The van der Waals surface area contributed by atoms with Crippen LogP contribution in [0.25, 0.3) is 0 Å². The van der Waals surface area contributed by atoms with Crippen molar-refractivity contribution >= 4 is 0 Å². The summed E-state index contributed by atoms with van der Waals surface area (Å²) < 4.78 is 11.2. The molecule has 2 aromatic rings. The molecule has 0 aliphatic carbocycles. The van der Waals surface area contributed by atoms with Crippen molar-refractivity contribution in [2.75, 3.05) is 6.61 Å². The van der Waals surface area contributed by atoms with Crippen LogP contribution in [0.3, 0.4) is 0 Å². The third kappa shape index (κ3) is 2.47. The molecule has 20 heavy (non-hydrogen) atoms. The molecule has 1 aromatic carbocycles. The zero-order chi connectivity index (χ0) is 13.9. The third-order valence-electron chi connectivity index (χ3n) is 3.41. The highest BCUT2D eigenvalue weighted by atomic mass is 16.5. The molecule has 2 heterocycles. The maximum absolute atomic E-state index is 10.5. The number of hydrogen-bond acceptors (Lipinski definition) is 4. The molecule has 1 aliphatic rings. The van der Waals surface area contributed by atoms with E-state index in [9.17, 15) is 5.11 Å². The Morgan fingerprint density at radius 3 is 3.05 bits per heavy atom. The second kappa shape index (κ2) is 5.51. The van der Waals surface area contributed by atoms with Crippen molar-refractivity contribution in [2.45, 2.75) is 25.6 Å². The van der Waals surface area contributed by atoms with Crippen LogP contribution in [0.15, 0.2) is 42.7 Å². The van der Waals surface area contributed by atoms with Gasteiger partial charge in [-0.25, -0.2) is 0 Å². The molecule has 1 aromatic heterocycles. The van der Waals surface area contributed by atoms with Crippen LogP contribution in [0, 0.1) is 0 Å². The number of aliphatic hydroxyl groups is 1. The summed E-state index contributed by atoms with van der Waals surface area (Å²) in [5, 5.41) is 10.5. The first-order valence-electron chi connectivity index (χ1n) is 6.78. The van der Waals surface area contributed by atoms with Gasteiger partial charge in [0.05, 0.1) is 12.8 Å². The zero-order valence-corrected chi connectivity index (χ0v) is 11.3. The van der Waals surface area contributed by atoms with E-state index in [4.69, 9.17) is 9.47 Å². The van der Waals surface area contributed by atoms with E-state index >= 15 is 0 Å². The number of aliphatic hydroxyl groups excluding tert-OH is 1. The average molecular weight is 271 g/mol. The average Bonchev–Trinajstić information content (AvgIpc) is 2.91. The normalized spacial score (nSPS) is 18.2. The Morgan fingerprint density at radius 1 is 1.40 bits per heavy atom. The molecule has 3 rings (SSSR count). The molecule has 0 saturated carbocycles. The van der Waals surface area contributed by atoms with E-state index in [1.54, 1.807) is 12.4 Å². The molecule has 1 N–H and O–H groups in total. The Labute approximate surface area is 118 Å². The predicted molar refractivity (Wildman–Crippen MR) is 74.9 cm³/mol. The number of nitrogens with zero attached hydrogens (tertiary/aromatic N) is 1. The van der Waals surface area contributed by atoms with Gasteiger partial charge in [-0.05, 0) is 24.6 Å². The summed E-state index contributed by atoms with van der Waals surface area (Å²) in [7, 11) is 0. The molecule has 1 aliphatic heterocycles. The lowest BCUT2D eigenvalue weighted by atomic mass is 10.0. The van der Waals surface area contributed by atoms with E-state index in [1.807, 2.05) is 37.3 Å². The zero-order valence-electron chi connectivity index (χ0n) is 11.3. The first-order chi connectivity index (χ1) is 9.78. The Morgan fingerprint density at radius 2 is 2.25 bits per heavy atom. The fraction of sp³-hybridized carbons (Fsp3) is 0.312. The van der Waals surface area contributed by atoms with Crippen LogP contribution < -0.4 is 9.47 Å². The minimum Gasteiger partial charge on any atom is -0.492 e. The molecule has 2 atom stereocenters. The van der Waals surface area contributed by atoms with E-state index in [1.165, 1.54) is 0 Å². The number of aromatic nitrogens is 1. The van der Waals surface area contributed by atoms with Crippen molar-refractivity contribution in [1.82, 2.24) is 4.98 Å². The lowest BCUT2D eigenvalue weighted by molar-refractivity contribution is 0.0488. The largest absolute Gasteiger partial charge is 0.492 e. The minimum atomic E-state index is -0.713. The van der Waals surface area contributed by atoms with Gasteiger partial charge >= 0.3 is 0 Å². The Bertz CT molecular complexity index is 575. The lowest BCUT2D eigenvalue weighted by Crippen LogP contribution is -2.23. The monoisotopic (exact) mass is 271 g/mol. The van der Waals surface area contributed by atoms with Gasteiger partial charge in [0.1, 0.15) is 23.7 Å². The van der Waals surface area contributed by atoms with Crippen LogP contribution in [-0.4, -0.2) is 22.8 Å². The molecule has 4 heteroatoms. The van der Waals surface area contributed by atoms with E-state index in [0.29, 0.717) is 24.3 Å². The summed E-state index contributed by atoms with van der Waals surface area (Å²) in [6.45, 7) is 2.49. The van der Waals surface area contributed by atoms with Crippen LogP contribution in [-0.2, 0) is 6.42 Å². The molecular formula is C16H17NO3. The van der Waals surface area contributed by atoms with Crippen molar-refractivity contribution in [2.24, 2.45) is 0 Å². The van der Waals surface area contributed by atoms with E-state index in [2.05, 4.69) is 4.98 Å². The van der Waals surface area contributed by atoms with E-state index in [-0.39, 0.29) is 6.10 Å². The molecule has 104 valence electrons. The van der Waals surface area contributed by atoms with Gasteiger partial charge in [-0.1, -0.05) is 18.2 Å². The standard InChI is InChI=1S/C16H17NO3/c1-2-19-13-7-12(9-17-10-13)16(18)15-8-11-5-3-4-6-14(11)20-15/h3-7,9-10,15-16,18H,2,8H2,1H3. The van der Waals surface area contributed by atoms with Crippen molar-refractivity contribution in [3.8, 4) is 11.5 Å². The fourth-order valence-corrected chi connectivity index (χ4v) is 2.44. The maximum Gasteiger partial charge on any atom is 0.137 e. The predicted octanol–water partition coefficient (Wildman–Crippen LogP) is 2.52. The molecule has 0 saturated heterocycles. The van der Waals surface area contributed by atoms with Gasteiger partial charge in [0.15, 0.2) is 0 Å². The Balaban J connectivity index is 1.77. The topological polar surface area (TPSA) is 51.6 Å². The highest BCUT2D eigenvalue weighted by Crippen LogP contribution is 2.34. The summed E-state index contributed by atoms with van der Waals surface area (Å²) in [6, 6.07) is 9.68. The molecule has 2 unspecified atom stereocenters. The van der Waals surface area contributed by atoms with Crippen LogP contribution in [0.1, 0.15) is 24.2 Å². The van der Waals surface area contributed by atoms with Crippen LogP contribution in [0.4, 0.5) is 0 Å². The number of rotatable bonds is 4. The molecule has 0 radical (unpaired) electrons. The van der Waals surface area contributed by atoms with Gasteiger partial charge in [-0.15, -0.1) is 0 Å². The van der Waals surface area contributed by atoms with Gasteiger partial charge in [0.25, 0.3) is 0 Å². The first kappa shape index (κ1) is 12.9. The van der Waals surface area contributed by atoms with Crippen molar-refractivity contribution in [3.05, 3.63) is 53.9 Å². The molecule has 0 bridgehead atoms. The van der Waals surface area contributed by atoms with Crippen LogP contribution in [0.2, 0.25) is 0 Å². The van der Waals surface area contributed by atoms with E-state index in [0.717, 1.165) is 11.3 Å². The number of fused-ring (bicyclic) bond motifs is 1. The number of benzene rings is 1. The fourth-order valence-electron chi connectivity index (χ4n) is 2.44. The highest BCUT2D eigenvalue weighted by molar-refractivity contribution is 5.38. The molecule has 4 nitrogen and oxygen atoms in total. The van der Waals surface area contributed by atoms with Gasteiger partial charge in [-0.3, -0.25) is 4.98 Å². The third-order valence-corrected chi connectivity index (χ3v) is 3.41. The molecule has 0 amide bonds. The summed E-state index contributed by atoms with van der Waals surface area (Å²) in [6.07, 6.45) is 3.01. The van der Waals surface area contributed by atoms with Gasteiger partial charge in [0.2, 0.25) is 0 Å².